The molecule has 0 aliphatic carbocycles. The lowest BCUT2D eigenvalue weighted by Gasteiger charge is -1.99. The number of methoxy groups -OCH3 is 1. The van der Waals surface area contributed by atoms with E-state index in [1.54, 1.807) is 12.1 Å². The molecule has 1 aromatic carbocycles. The van der Waals surface area contributed by atoms with E-state index in [1.807, 2.05) is 0 Å². The minimum atomic E-state index is -0.161. The average Bonchev–Trinajstić information content (AvgIpc) is 2.97. The fourth-order valence-electron chi connectivity index (χ4n) is 1.69. The van der Waals surface area contributed by atoms with Crippen molar-refractivity contribution in [2.24, 2.45) is 0 Å². The van der Waals surface area contributed by atoms with Crippen LogP contribution in [0.2, 0.25) is 0 Å². The molecule has 0 fully saturated rings. The smallest absolute Gasteiger partial charge is 0.262 e. The van der Waals surface area contributed by atoms with Crippen LogP contribution in [0.1, 0.15) is 0 Å². The normalized spacial score (nSPS) is 10.5. The summed E-state index contributed by atoms with van der Waals surface area (Å²) in [5.74, 6) is 0.495. The van der Waals surface area contributed by atoms with Gasteiger partial charge in [-0.1, -0.05) is 5.16 Å². The van der Waals surface area contributed by atoms with Crippen molar-refractivity contribution < 1.29 is 19.5 Å². The summed E-state index contributed by atoms with van der Waals surface area (Å²) in [5, 5.41) is 30.5. The molecule has 0 bridgehead atoms. The van der Waals surface area contributed by atoms with Crippen LogP contribution < -0.4 is 4.74 Å². The first-order valence-electron chi connectivity index (χ1n) is 5.91. The number of nitrogens with zero attached hydrogens (tertiary/aromatic N) is 4. The number of rotatable bonds is 3. The summed E-state index contributed by atoms with van der Waals surface area (Å²) in [4.78, 5) is 4.13. The zero-order valence-electron chi connectivity index (χ0n) is 10.9. The van der Waals surface area contributed by atoms with Crippen LogP contribution in [0.3, 0.4) is 0 Å². The summed E-state index contributed by atoms with van der Waals surface area (Å²) in [5.41, 5.74) is 0.720. The fourth-order valence-corrected chi connectivity index (χ4v) is 1.69. The molecular weight excluding hydrogens is 276 g/mol. The zero-order valence-corrected chi connectivity index (χ0v) is 10.9. The van der Waals surface area contributed by atoms with Crippen molar-refractivity contribution in [3.8, 4) is 40.4 Å². The number of hydrogen-bond acceptors (Lipinski definition) is 8. The lowest BCUT2D eigenvalue weighted by atomic mass is 10.2. The first-order chi connectivity index (χ1) is 10.2. The Kier molecular flexibility index (Phi) is 3.11. The van der Waals surface area contributed by atoms with E-state index in [2.05, 4.69) is 20.3 Å². The van der Waals surface area contributed by atoms with E-state index >= 15 is 0 Å². The SMILES string of the molecule is COc1ccc(-c2noc(-c3ccc(O)cc3O)n2)nn1. The Hall–Kier alpha value is -3.16. The molecular formula is C13H10N4O4. The Bertz CT molecular complexity index is 770. The quantitative estimate of drug-likeness (QED) is 0.746. The van der Waals surface area contributed by atoms with Gasteiger partial charge in [0.05, 0.1) is 12.7 Å². The third kappa shape index (κ3) is 2.46. The van der Waals surface area contributed by atoms with Gasteiger partial charge in [-0.15, -0.1) is 10.2 Å². The molecule has 0 amide bonds. The van der Waals surface area contributed by atoms with Gasteiger partial charge >= 0.3 is 0 Å². The predicted molar refractivity (Wildman–Crippen MR) is 70.6 cm³/mol. The number of hydrogen-bond donors (Lipinski definition) is 2. The molecule has 21 heavy (non-hydrogen) atoms. The second kappa shape index (κ2) is 5.08. The summed E-state index contributed by atoms with van der Waals surface area (Å²) >= 11 is 0. The Morgan fingerprint density at radius 2 is 1.95 bits per heavy atom. The van der Waals surface area contributed by atoms with E-state index < -0.39 is 0 Å². The highest BCUT2D eigenvalue weighted by atomic mass is 16.5. The number of aromatic hydroxyl groups is 2. The van der Waals surface area contributed by atoms with Crippen molar-refractivity contribution in [2.45, 2.75) is 0 Å². The zero-order chi connectivity index (χ0) is 14.8. The lowest BCUT2D eigenvalue weighted by molar-refractivity contribution is 0.392. The van der Waals surface area contributed by atoms with Crippen molar-refractivity contribution in [1.82, 2.24) is 20.3 Å². The van der Waals surface area contributed by atoms with Crippen LogP contribution in [0.15, 0.2) is 34.9 Å². The van der Waals surface area contributed by atoms with Crippen molar-refractivity contribution in [3.63, 3.8) is 0 Å². The Morgan fingerprint density at radius 3 is 2.62 bits per heavy atom. The Balaban J connectivity index is 1.95. The number of phenols is 2. The van der Waals surface area contributed by atoms with E-state index in [9.17, 15) is 10.2 Å². The molecule has 0 aliphatic rings. The van der Waals surface area contributed by atoms with Crippen LogP contribution in [-0.2, 0) is 0 Å². The predicted octanol–water partition coefficient (Wildman–Crippen LogP) is 1.61. The molecule has 3 aromatic rings. The first-order valence-corrected chi connectivity index (χ1v) is 5.91. The lowest BCUT2D eigenvalue weighted by Crippen LogP contribution is -1.93. The molecule has 106 valence electrons. The van der Waals surface area contributed by atoms with Gasteiger partial charge in [0.2, 0.25) is 11.7 Å². The maximum absolute atomic E-state index is 9.76. The van der Waals surface area contributed by atoms with Crippen LogP contribution in [0, 0.1) is 0 Å². The first kappa shape index (κ1) is 12.9. The van der Waals surface area contributed by atoms with Crippen molar-refractivity contribution in [3.05, 3.63) is 30.3 Å². The van der Waals surface area contributed by atoms with E-state index in [4.69, 9.17) is 9.26 Å². The second-order valence-electron chi connectivity index (χ2n) is 4.09. The molecule has 0 saturated carbocycles. The van der Waals surface area contributed by atoms with Gasteiger partial charge in [-0.3, -0.25) is 0 Å². The number of benzene rings is 1. The number of ether oxygens (including phenoxy) is 1. The van der Waals surface area contributed by atoms with Crippen molar-refractivity contribution in [2.75, 3.05) is 7.11 Å². The molecule has 8 heteroatoms. The molecule has 8 nitrogen and oxygen atoms in total. The largest absolute Gasteiger partial charge is 0.508 e. The highest BCUT2D eigenvalue weighted by molar-refractivity contribution is 5.65. The van der Waals surface area contributed by atoms with Gasteiger partial charge < -0.3 is 19.5 Å². The molecule has 3 rings (SSSR count). The summed E-state index contributed by atoms with van der Waals surface area (Å²) in [6, 6.07) is 7.33. The van der Waals surface area contributed by atoms with Crippen LogP contribution in [-0.4, -0.2) is 37.7 Å². The van der Waals surface area contributed by atoms with Crippen LogP contribution in [0.5, 0.6) is 17.4 Å². The van der Waals surface area contributed by atoms with E-state index in [1.165, 1.54) is 25.3 Å². The molecule has 0 radical (unpaired) electrons. The minimum absolute atomic E-state index is 0.0583. The van der Waals surface area contributed by atoms with Crippen molar-refractivity contribution >= 4 is 0 Å². The van der Waals surface area contributed by atoms with Gasteiger partial charge in [0.1, 0.15) is 17.2 Å². The third-order valence-electron chi connectivity index (χ3n) is 2.72. The van der Waals surface area contributed by atoms with Crippen LogP contribution in [0.25, 0.3) is 23.0 Å². The highest BCUT2D eigenvalue weighted by Crippen LogP contribution is 2.31. The van der Waals surface area contributed by atoms with Crippen molar-refractivity contribution in [1.29, 1.82) is 0 Å². The molecule has 2 N–H and O–H groups in total. The second-order valence-corrected chi connectivity index (χ2v) is 4.09. The molecule has 0 unspecified atom stereocenters. The average molecular weight is 286 g/mol. The van der Waals surface area contributed by atoms with Gasteiger partial charge in [0, 0.05) is 12.1 Å². The molecule has 2 aromatic heterocycles. The topological polar surface area (TPSA) is 114 Å². The maximum atomic E-state index is 9.76. The fraction of sp³-hybridized carbons (Fsp3) is 0.0769. The van der Waals surface area contributed by atoms with Crippen LogP contribution >= 0.6 is 0 Å². The molecule has 2 heterocycles. The standard InChI is InChI=1S/C13H10N4O4/c1-20-11-5-4-9(15-16-11)12-14-13(21-17-12)8-3-2-7(18)6-10(8)19/h2-6,18-19H,1H3. The van der Waals surface area contributed by atoms with Gasteiger partial charge in [-0.05, 0) is 18.2 Å². The van der Waals surface area contributed by atoms with Crippen LogP contribution in [0.4, 0.5) is 0 Å². The van der Waals surface area contributed by atoms with Gasteiger partial charge in [-0.25, -0.2) is 0 Å². The number of aromatic nitrogens is 4. The molecule has 0 aliphatic heterocycles. The molecule has 0 spiro atoms. The summed E-state index contributed by atoms with van der Waals surface area (Å²) < 4.78 is 9.99. The Labute approximate surface area is 118 Å². The maximum Gasteiger partial charge on any atom is 0.262 e. The van der Waals surface area contributed by atoms with E-state index in [0.717, 1.165) is 0 Å². The van der Waals surface area contributed by atoms with E-state index in [-0.39, 0.29) is 23.2 Å². The summed E-state index contributed by atoms with van der Waals surface area (Å²) in [7, 11) is 1.49. The number of phenolic OH excluding ortho intramolecular Hbond substituents is 2. The van der Waals surface area contributed by atoms with Gasteiger partial charge in [-0.2, -0.15) is 4.98 Å². The monoisotopic (exact) mass is 286 g/mol. The van der Waals surface area contributed by atoms with E-state index in [0.29, 0.717) is 17.1 Å². The minimum Gasteiger partial charge on any atom is -0.508 e. The third-order valence-corrected chi connectivity index (χ3v) is 2.72. The summed E-state index contributed by atoms with van der Waals surface area (Å²) in [6.45, 7) is 0. The highest BCUT2D eigenvalue weighted by Gasteiger charge is 2.15. The Morgan fingerprint density at radius 1 is 1.10 bits per heavy atom. The summed E-state index contributed by atoms with van der Waals surface area (Å²) in [6.07, 6.45) is 0. The molecule has 0 atom stereocenters. The van der Waals surface area contributed by atoms with Gasteiger partial charge in [0.25, 0.3) is 5.89 Å². The van der Waals surface area contributed by atoms with Gasteiger partial charge in [0.15, 0.2) is 0 Å². The molecule has 0 saturated heterocycles.